The fourth-order valence-corrected chi connectivity index (χ4v) is 3.21. The smallest absolute Gasteiger partial charge is 0.319 e. The fourth-order valence-electron chi connectivity index (χ4n) is 3.21. The van der Waals surface area contributed by atoms with E-state index in [1.54, 1.807) is 47.4 Å². The number of aliphatic hydroxyl groups excluding tert-OH is 1. The summed E-state index contributed by atoms with van der Waals surface area (Å²) in [6, 6.07) is 9.90. The SMILES string of the molecule is C#Cc1ccc(NC(=O)N[C@H](CO)C(=O)Nc2ccc(N3CCOCC3=O)c(C)c2)cc1. The molecular formula is C23H24N4O5. The van der Waals surface area contributed by atoms with E-state index in [1.165, 1.54) is 0 Å². The number of urea groups is 1. The quantitative estimate of drug-likeness (QED) is 0.511. The van der Waals surface area contributed by atoms with E-state index in [-0.39, 0.29) is 12.5 Å². The molecule has 9 heteroatoms. The van der Waals surface area contributed by atoms with E-state index in [9.17, 15) is 19.5 Å². The number of ether oxygens (including phenoxy) is 1. The van der Waals surface area contributed by atoms with Crippen molar-refractivity contribution in [2.75, 3.05) is 41.9 Å². The molecule has 9 nitrogen and oxygen atoms in total. The van der Waals surface area contributed by atoms with Gasteiger partial charge in [0.2, 0.25) is 5.91 Å². The number of anilines is 3. The van der Waals surface area contributed by atoms with Gasteiger partial charge in [0.05, 0.1) is 13.2 Å². The number of nitrogens with one attached hydrogen (secondary N) is 3. The van der Waals surface area contributed by atoms with Crippen molar-refractivity contribution in [1.82, 2.24) is 5.32 Å². The van der Waals surface area contributed by atoms with E-state index in [0.717, 1.165) is 11.3 Å². The maximum atomic E-state index is 12.5. The summed E-state index contributed by atoms with van der Waals surface area (Å²) in [6.45, 7) is 2.20. The number of amides is 4. The Morgan fingerprint density at radius 3 is 2.53 bits per heavy atom. The molecule has 0 saturated carbocycles. The zero-order valence-corrected chi connectivity index (χ0v) is 17.6. The van der Waals surface area contributed by atoms with Gasteiger partial charge in [-0.3, -0.25) is 9.59 Å². The molecule has 1 aliphatic rings. The third-order valence-electron chi connectivity index (χ3n) is 4.85. The second-order valence-electron chi connectivity index (χ2n) is 7.14. The van der Waals surface area contributed by atoms with Gasteiger partial charge in [0, 0.05) is 29.2 Å². The standard InChI is InChI=1S/C23H24N4O5/c1-3-16-4-6-17(7-5-16)25-23(31)26-19(13-28)22(30)24-18-8-9-20(15(2)12-18)27-10-11-32-14-21(27)29/h1,4-9,12,19,28H,10-11,13-14H2,2H3,(H,24,30)(H2,25,26,31)/t19-/m1/s1. The van der Waals surface area contributed by atoms with Crippen molar-refractivity contribution in [1.29, 1.82) is 0 Å². The van der Waals surface area contributed by atoms with Gasteiger partial charge < -0.3 is 30.7 Å². The number of morpholine rings is 1. The molecular weight excluding hydrogens is 412 g/mol. The van der Waals surface area contributed by atoms with Crippen LogP contribution < -0.4 is 20.9 Å². The van der Waals surface area contributed by atoms with Crippen molar-refractivity contribution in [3.8, 4) is 12.3 Å². The second kappa shape index (κ2) is 10.4. The highest BCUT2D eigenvalue weighted by Crippen LogP contribution is 2.25. The molecule has 1 aliphatic heterocycles. The van der Waals surface area contributed by atoms with Crippen molar-refractivity contribution in [3.05, 3.63) is 53.6 Å². The first-order valence-electron chi connectivity index (χ1n) is 9.96. The Morgan fingerprint density at radius 2 is 1.91 bits per heavy atom. The van der Waals surface area contributed by atoms with Crippen molar-refractivity contribution >= 4 is 34.9 Å². The van der Waals surface area contributed by atoms with Gasteiger partial charge in [-0.2, -0.15) is 0 Å². The van der Waals surface area contributed by atoms with Crippen molar-refractivity contribution in [2.24, 2.45) is 0 Å². The summed E-state index contributed by atoms with van der Waals surface area (Å²) < 4.78 is 5.15. The predicted molar refractivity (Wildman–Crippen MR) is 120 cm³/mol. The Kier molecular flexibility index (Phi) is 7.44. The summed E-state index contributed by atoms with van der Waals surface area (Å²) in [5.41, 5.74) is 3.16. The third-order valence-corrected chi connectivity index (χ3v) is 4.85. The first-order valence-corrected chi connectivity index (χ1v) is 9.96. The summed E-state index contributed by atoms with van der Waals surface area (Å²) in [6.07, 6.45) is 5.30. The number of nitrogens with zero attached hydrogens (tertiary/aromatic N) is 1. The van der Waals surface area contributed by atoms with Gasteiger partial charge in [-0.15, -0.1) is 6.42 Å². The van der Waals surface area contributed by atoms with Crippen LogP contribution in [0.3, 0.4) is 0 Å². The summed E-state index contributed by atoms with van der Waals surface area (Å²) in [4.78, 5) is 38.4. The molecule has 0 radical (unpaired) electrons. The highest BCUT2D eigenvalue weighted by Gasteiger charge is 2.23. The van der Waals surface area contributed by atoms with Crippen LogP contribution in [0.25, 0.3) is 0 Å². The van der Waals surface area contributed by atoms with Crippen LogP contribution in [0.2, 0.25) is 0 Å². The second-order valence-corrected chi connectivity index (χ2v) is 7.14. The topological polar surface area (TPSA) is 120 Å². The average molecular weight is 436 g/mol. The molecule has 0 aliphatic carbocycles. The molecule has 2 aromatic rings. The minimum absolute atomic E-state index is 0.0396. The molecule has 0 bridgehead atoms. The van der Waals surface area contributed by atoms with E-state index in [1.807, 2.05) is 6.92 Å². The van der Waals surface area contributed by atoms with Crippen LogP contribution in [-0.2, 0) is 14.3 Å². The first kappa shape index (κ1) is 22.8. The summed E-state index contributed by atoms with van der Waals surface area (Å²) in [7, 11) is 0. The van der Waals surface area contributed by atoms with Gasteiger partial charge >= 0.3 is 6.03 Å². The fraction of sp³-hybridized carbons (Fsp3) is 0.261. The summed E-state index contributed by atoms with van der Waals surface area (Å²) in [5.74, 6) is 1.77. The van der Waals surface area contributed by atoms with Crippen molar-refractivity contribution < 1.29 is 24.2 Å². The maximum Gasteiger partial charge on any atom is 0.319 e. The lowest BCUT2D eigenvalue weighted by Crippen LogP contribution is -2.47. The van der Waals surface area contributed by atoms with E-state index >= 15 is 0 Å². The first-order chi connectivity index (χ1) is 15.4. The van der Waals surface area contributed by atoms with Crippen LogP contribution in [0.15, 0.2) is 42.5 Å². The minimum Gasteiger partial charge on any atom is -0.394 e. The van der Waals surface area contributed by atoms with Gasteiger partial charge in [0.1, 0.15) is 12.6 Å². The number of aliphatic hydroxyl groups is 1. The zero-order chi connectivity index (χ0) is 23.1. The van der Waals surface area contributed by atoms with Crippen LogP contribution in [0, 0.1) is 19.3 Å². The monoisotopic (exact) mass is 436 g/mol. The summed E-state index contributed by atoms with van der Waals surface area (Å²) in [5, 5.41) is 17.2. The van der Waals surface area contributed by atoms with Crippen molar-refractivity contribution in [3.63, 3.8) is 0 Å². The van der Waals surface area contributed by atoms with E-state index in [4.69, 9.17) is 11.2 Å². The number of carbonyl (C=O) groups excluding carboxylic acids is 3. The molecule has 1 fully saturated rings. The molecule has 32 heavy (non-hydrogen) atoms. The molecule has 2 aromatic carbocycles. The normalized spacial score (nSPS) is 14.3. The number of benzene rings is 2. The molecule has 1 saturated heterocycles. The lowest BCUT2D eigenvalue weighted by molar-refractivity contribution is -0.125. The van der Waals surface area contributed by atoms with Crippen LogP contribution >= 0.6 is 0 Å². The molecule has 0 unspecified atom stereocenters. The Hall–Kier alpha value is -3.87. The van der Waals surface area contributed by atoms with Crippen LogP contribution in [-0.4, -0.2) is 55.4 Å². The lowest BCUT2D eigenvalue weighted by Gasteiger charge is -2.28. The minimum atomic E-state index is -1.17. The molecule has 166 valence electrons. The largest absolute Gasteiger partial charge is 0.394 e. The Balaban J connectivity index is 1.60. The van der Waals surface area contributed by atoms with Gasteiger partial charge in [0.15, 0.2) is 0 Å². The molecule has 0 aromatic heterocycles. The van der Waals surface area contributed by atoms with E-state index in [0.29, 0.717) is 30.1 Å². The van der Waals surface area contributed by atoms with Crippen LogP contribution in [0.5, 0.6) is 0 Å². The lowest BCUT2D eigenvalue weighted by atomic mass is 10.1. The van der Waals surface area contributed by atoms with Crippen molar-refractivity contribution in [2.45, 2.75) is 13.0 Å². The van der Waals surface area contributed by atoms with Gasteiger partial charge in [-0.25, -0.2) is 4.79 Å². The number of terminal acetylenes is 1. The number of carbonyl (C=O) groups is 3. The number of aryl methyl sites for hydroxylation is 1. The Labute approximate surface area is 185 Å². The molecule has 4 N–H and O–H groups in total. The highest BCUT2D eigenvalue weighted by molar-refractivity contribution is 6.00. The van der Waals surface area contributed by atoms with Gasteiger partial charge in [-0.05, 0) is 55.0 Å². The maximum absolute atomic E-state index is 12.5. The van der Waals surface area contributed by atoms with E-state index in [2.05, 4.69) is 21.9 Å². The third kappa shape index (κ3) is 5.63. The molecule has 1 atom stereocenters. The predicted octanol–water partition coefficient (Wildman–Crippen LogP) is 1.46. The van der Waals surface area contributed by atoms with Gasteiger partial charge in [-0.1, -0.05) is 5.92 Å². The zero-order valence-electron chi connectivity index (χ0n) is 17.6. The molecule has 0 spiro atoms. The summed E-state index contributed by atoms with van der Waals surface area (Å²) >= 11 is 0. The van der Waals surface area contributed by atoms with Crippen LogP contribution in [0.1, 0.15) is 11.1 Å². The molecule has 1 heterocycles. The number of hydrogen-bond donors (Lipinski definition) is 4. The molecule has 3 rings (SSSR count). The Morgan fingerprint density at radius 1 is 1.19 bits per heavy atom. The van der Waals surface area contributed by atoms with Crippen LogP contribution in [0.4, 0.5) is 21.9 Å². The van der Waals surface area contributed by atoms with E-state index < -0.39 is 24.6 Å². The average Bonchev–Trinajstić information content (AvgIpc) is 2.78. The van der Waals surface area contributed by atoms with Gasteiger partial charge in [0.25, 0.3) is 5.91 Å². The Bertz CT molecular complexity index is 1050. The highest BCUT2D eigenvalue weighted by atomic mass is 16.5. The number of hydrogen-bond acceptors (Lipinski definition) is 5. The molecule has 4 amide bonds. The number of rotatable bonds is 6.